The molecule has 0 amide bonds. The molecule has 0 heterocycles. The van der Waals surface area contributed by atoms with Gasteiger partial charge in [-0.1, -0.05) is 97.6 Å². The number of benzene rings is 3. The molecule has 0 unspecified atom stereocenters. The van der Waals surface area contributed by atoms with Crippen LogP contribution in [-0.2, 0) is 19.6 Å². The lowest BCUT2D eigenvalue weighted by atomic mass is 9.81. The topological polar surface area (TPSA) is 84.8 Å². The van der Waals surface area contributed by atoms with Gasteiger partial charge in [-0.3, -0.25) is 4.99 Å². The van der Waals surface area contributed by atoms with E-state index in [1.165, 1.54) is 7.11 Å². The minimum absolute atomic E-state index is 0.0466. The fraction of sp³-hybridized carbons (Fsp3) is 0.333. The Morgan fingerprint density at radius 2 is 1.41 bits per heavy atom. The van der Waals surface area contributed by atoms with Gasteiger partial charge in [-0.25, -0.2) is 17.9 Å². The van der Waals surface area contributed by atoms with E-state index in [9.17, 15) is 13.2 Å². The molecule has 3 aromatic carbocycles. The zero-order valence-corrected chi connectivity index (χ0v) is 22.2. The minimum atomic E-state index is -3.90. The highest BCUT2D eigenvalue weighted by molar-refractivity contribution is 7.89. The summed E-state index contributed by atoms with van der Waals surface area (Å²) in [5, 5.41) is 0. The number of methoxy groups -OCH3 is 1. The molecule has 6 nitrogen and oxygen atoms in total. The SMILES string of the molecule is COC(=O)[C@@H](N=C(c1ccccc1)c1ccccc1)[C@H](NS(=O)(=O)c1ccc(C)cc1)C1CCCCC1. The monoisotopic (exact) mass is 518 g/mol. The van der Waals surface area contributed by atoms with Crippen molar-refractivity contribution < 1.29 is 17.9 Å². The quantitative estimate of drug-likeness (QED) is 0.308. The predicted molar refractivity (Wildman–Crippen MR) is 146 cm³/mol. The summed E-state index contributed by atoms with van der Waals surface area (Å²) in [6.07, 6.45) is 4.69. The summed E-state index contributed by atoms with van der Waals surface area (Å²) in [5.41, 5.74) is 3.26. The molecule has 0 saturated heterocycles. The van der Waals surface area contributed by atoms with Gasteiger partial charge in [-0.05, 0) is 37.8 Å². The smallest absolute Gasteiger partial charge is 0.332 e. The van der Waals surface area contributed by atoms with E-state index >= 15 is 0 Å². The summed E-state index contributed by atoms with van der Waals surface area (Å²) >= 11 is 0. The van der Waals surface area contributed by atoms with Crippen LogP contribution in [0.2, 0.25) is 0 Å². The molecule has 0 aromatic heterocycles. The molecular formula is C30H34N2O4S. The van der Waals surface area contributed by atoms with Gasteiger partial charge in [0.1, 0.15) is 0 Å². The number of ether oxygens (including phenoxy) is 1. The van der Waals surface area contributed by atoms with Gasteiger partial charge in [0.05, 0.1) is 23.8 Å². The number of nitrogens with zero attached hydrogens (tertiary/aromatic N) is 1. The molecule has 2 atom stereocenters. The minimum Gasteiger partial charge on any atom is -0.467 e. The fourth-order valence-corrected chi connectivity index (χ4v) is 6.23. The molecular weight excluding hydrogens is 484 g/mol. The number of esters is 1. The molecule has 1 aliphatic rings. The van der Waals surface area contributed by atoms with Crippen molar-refractivity contribution in [3.8, 4) is 0 Å². The number of carbonyl (C=O) groups excluding carboxylic acids is 1. The van der Waals surface area contributed by atoms with Gasteiger partial charge >= 0.3 is 5.97 Å². The summed E-state index contributed by atoms with van der Waals surface area (Å²) in [5.74, 6) is -0.610. The van der Waals surface area contributed by atoms with E-state index in [-0.39, 0.29) is 10.8 Å². The molecule has 194 valence electrons. The van der Waals surface area contributed by atoms with Crippen LogP contribution >= 0.6 is 0 Å². The van der Waals surface area contributed by atoms with E-state index in [2.05, 4.69) is 4.72 Å². The number of sulfonamides is 1. The van der Waals surface area contributed by atoms with Gasteiger partial charge in [0, 0.05) is 11.1 Å². The van der Waals surface area contributed by atoms with Gasteiger partial charge < -0.3 is 4.74 Å². The van der Waals surface area contributed by atoms with E-state index in [1.807, 2.05) is 67.6 Å². The highest BCUT2D eigenvalue weighted by Gasteiger charge is 2.39. The van der Waals surface area contributed by atoms with Crippen LogP contribution in [0.25, 0.3) is 0 Å². The van der Waals surface area contributed by atoms with Gasteiger partial charge in [-0.2, -0.15) is 0 Å². The van der Waals surface area contributed by atoms with Crippen molar-refractivity contribution in [1.29, 1.82) is 0 Å². The Bertz CT molecular complexity index is 1260. The molecule has 1 saturated carbocycles. The highest BCUT2D eigenvalue weighted by Crippen LogP contribution is 2.31. The van der Waals surface area contributed by atoms with Crippen LogP contribution in [0.15, 0.2) is 94.8 Å². The van der Waals surface area contributed by atoms with Crippen LogP contribution < -0.4 is 4.72 Å². The zero-order chi connectivity index (χ0) is 26.3. The van der Waals surface area contributed by atoms with E-state index in [0.29, 0.717) is 5.71 Å². The van der Waals surface area contributed by atoms with Crippen molar-refractivity contribution in [3.63, 3.8) is 0 Å². The number of hydrogen-bond donors (Lipinski definition) is 1. The number of carbonyl (C=O) groups is 1. The molecule has 3 aromatic rings. The second-order valence-corrected chi connectivity index (χ2v) is 11.2. The summed E-state index contributed by atoms with van der Waals surface area (Å²) in [4.78, 5) is 18.4. The van der Waals surface area contributed by atoms with Crippen molar-refractivity contribution in [2.24, 2.45) is 10.9 Å². The van der Waals surface area contributed by atoms with Crippen molar-refractivity contribution >= 4 is 21.7 Å². The van der Waals surface area contributed by atoms with Crippen LogP contribution in [-0.4, -0.2) is 39.3 Å². The van der Waals surface area contributed by atoms with Crippen molar-refractivity contribution in [2.45, 2.75) is 56.0 Å². The standard InChI is InChI=1S/C30H34N2O4S/c1-22-18-20-26(21-19-22)37(34,35)32-28(25-16-10-5-11-17-25)29(30(33)36-2)31-27(23-12-6-3-7-13-23)24-14-8-4-9-15-24/h3-4,6-9,12-15,18-21,25,28-29,32H,5,10-11,16-17H2,1-2H3/t28-,29+/m1/s1. The third-order valence-electron chi connectivity index (χ3n) is 6.93. The maximum absolute atomic E-state index is 13.5. The van der Waals surface area contributed by atoms with Crippen molar-refractivity contribution in [3.05, 3.63) is 102 Å². The predicted octanol–water partition coefficient (Wildman–Crippen LogP) is 5.30. The van der Waals surface area contributed by atoms with Gasteiger partial charge in [0.15, 0.2) is 6.04 Å². The lowest BCUT2D eigenvalue weighted by Gasteiger charge is -2.33. The van der Waals surface area contributed by atoms with Gasteiger partial charge in [-0.15, -0.1) is 0 Å². The van der Waals surface area contributed by atoms with Crippen LogP contribution in [0.5, 0.6) is 0 Å². The Balaban J connectivity index is 1.82. The van der Waals surface area contributed by atoms with E-state index in [4.69, 9.17) is 9.73 Å². The maximum Gasteiger partial charge on any atom is 0.332 e. The molecule has 7 heteroatoms. The second-order valence-electron chi connectivity index (χ2n) is 9.54. The third kappa shape index (κ3) is 6.73. The summed E-state index contributed by atoms with van der Waals surface area (Å²) in [7, 11) is -2.58. The normalized spacial score (nSPS) is 15.9. The van der Waals surface area contributed by atoms with Crippen LogP contribution in [0, 0.1) is 12.8 Å². The van der Waals surface area contributed by atoms with Crippen molar-refractivity contribution in [1.82, 2.24) is 4.72 Å². The van der Waals surface area contributed by atoms with Gasteiger partial charge in [0.2, 0.25) is 10.0 Å². The van der Waals surface area contributed by atoms with Crippen molar-refractivity contribution in [2.75, 3.05) is 7.11 Å². The lowest BCUT2D eigenvalue weighted by Crippen LogP contribution is -2.51. The molecule has 0 aliphatic heterocycles. The van der Waals surface area contributed by atoms with Gasteiger partial charge in [0.25, 0.3) is 0 Å². The lowest BCUT2D eigenvalue weighted by molar-refractivity contribution is -0.143. The molecule has 0 spiro atoms. The Kier molecular flexibility index (Phi) is 8.90. The Labute approximate surface area is 219 Å². The second kappa shape index (κ2) is 12.3. The number of aliphatic imine (C=N–C) groups is 1. The highest BCUT2D eigenvalue weighted by atomic mass is 32.2. The number of hydrogen-bond acceptors (Lipinski definition) is 5. The number of aryl methyl sites for hydroxylation is 1. The maximum atomic E-state index is 13.5. The third-order valence-corrected chi connectivity index (χ3v) is 8.40. The molecule has 1 aliphatic carbocycles. The summed E-state index contributed by atoms with van der Waals surface area (Å²) < 4.78 is 35.2. The first-order valence-electron chi connectivity index (χ1n) is 12.7. The first-order chi connectivity index (χ1) is 17.9. The van der Waals surface area contributed by atoms with E-state index < -0.39 is 28.1 Å². The number of rotatable bonds is 9. The molecule has 1 fully saturated rings. The Morgan fingerprint density at radius 1 is 0.865 bits per heavy atom. The first kappa shape index (κ1) is 26.8. The first-order valence-corrected chi connectivity index (χ1v) is 14.2. The fourth-order valence-electron chi connectivity index (χ4n) is 4.92. The number of nitrogens with one attached hydrogen (secondary N) is 1. The van der Waals surface area contributed by atoms with E-state index in [1.54, 1.807) is 24.3 Å². The van der Waals surface area contributed by atoms with Crippen LogP contribution in [0.1, 0.15) is 48.8 Å². The molecule has 0 radical (unpaired) electrons. The largest absolute Gasteiger partial charge is 0.467 e. The van der Waals surface area contributed by atoms with Crippen LogP contribution in [0.3, 0.4) is 0 Å². The molecule has 0 bridgehead atoms. The summed E-state index contributed by atoms with van der Waals surface area (Å²) in [6.45, 7) is 1.91. The molecule has 37 heavy (non-hydrogen) atoms. The summed E-state index contributed by atoms with van der Waals surface area (Å²) in [6, 6.07) is 24.2. The average Bonchev–Trinajstić information content (AvgIpc) is 2.94. The zero-order valence-electron chi connectivity index (χ0n) is 21.3. The Hall–Kier alpha value is -3.29. The average molecular weight is 519 g/mol. The molecule has 1 N–H and O–H groups in total. The van der Waals surface area contributed by atoms with E-state index in [0.717, 1.165) is 48.8 Å². The molecule has 4 rings (SSSR count). The van der Waals surface area contributed by atoms with Crippen LogP contribution in [0.4, 0.5) is 0 Å². The Morgan fingerprint density at radius 3 is 1.92 bits per heavy atom.